The van der Waals surface area contributed by atoms with E-state index in [-0.39, 0.29) is 6.61 Å². The molecule has 0 unspecified atom stereocenters. The van der Waals surface area contributed by atoms with Gasteiger partial charge in [-0.1, -0.05) is 36.7 Å². The molecule has 4 nitrogen and oxygen atoms in total. The minimum Gasteiger partial charge on any atom is -0.390 e. The normalized spacial score (nSPS) is 11.3. The predicted molar refractivity (Wildman–Crippen MR) is 75.6 cm³/mol. The number of hydrogen-bond donors (Lipinski definition) is 1. The Balaban J connectivity index is 2.55. The van der Waals surface area contributed by atoms with Gasteiger partial charge in [0.2, 0.25) is 0 Å². The number of halogens is 1. The van der Waals surface area contributed by atoms with Crippen LogP contribution in [-0.4, -0.2) is 20.1 Å². The molecule has 0 aliphatic rings. The second-order valence-electron chi connectivity index (χ2n) is 5.03. The molecule has 2 aromatic rings. The van der Waals surface area contributed by atoms with Gasteiger partial charge in [0.05, 0.1) is 18.0 Å². The topological polar surface area (TPSA) is 50.9 Å². The molecule has 19 heavy (non-hydrogen) atoms. The van der Waals surface area contributed by atoms with Crippen molar-refractivity contribution in [3.8, 4) is 5.69 Å². The lowest BCUT2D eigenvalue weighted by Crippen LogP contribution is -2.08. The van der Waals surface area contributed by atoms with E-state index in [4.69, 9.17) is 11.6 Å². The van der Waals surface area contributed by atoms with Gasteiger partial charge in [-0.05, 0) is 37.0 Å². The maximum absolute atomic E-state index is 9.37. The highest BCUT2D eigenvalue weighted by Gasteiger charge is 2.16. The Labute approximate surface area is 118 Å². The molecule has 0 aliphatic carbocycles. The van der Waals surface area contributed by atoms with Gasteiger partial charge in [0.1, 0.15) is 5.69 Å². The minimum absolute atomic E-state index is 0.0956. The van der Waals surface area contributed by atoms with Crippen LogP contribution in [0.1, 0.15) is 30.8 Å². The average Bonchev–Trinajstić information content (AvgIpc) is 2.75. The largest absolute Gasteiger partial charge is 0.390 e. The highest BCUT2D eigenvalue weighted by Crippen LogP contribution is 2.24. The highest BCUT2D eigenvalue weighted by molar-refractivity contribution is 6.31. The first kappa shape index (κ1) is 14.0. The van der Waals surface area contributed by atoms with Gasteiger partial charge in [0.15, 0.2) is 0 Å². The Hall–Kier alpha value is -1.39. The maximum atomic E-state index is 9.37. The molecule has 0 atom stereocenters. The summed E-state index contributed by atoms with van der Waals surface area (Å²) in [4.78, 5) is 0. The molecule has 0 bridgehead atoms. The number of aliphatic hydroxyl groups excluding tert-OH is 1. The summed E-state index contributed by atoms with van der Waals surface area (Å²) in [5, 5.41) is 18.3. The van der Waals surface area contributed by atoms with Crippen LogP contribution in [0.2, 0.25) is 5.02 Å². The Morgan fingerprint density at radius 1 is 1.37 bits per heavy atom. The van der Waals surface area contributed by atoms with Crippen molar-refractivity contribution in [1.82, 2.24) is 15.0 Å². The van der Waals surface area contributed by atoms with Crippen molar-refractivity contribution in [3.63, 3.8) is 0 Å². The van der Waals surface area contributed by atoms with E-state index in [1.54, 1.807) is 4.68 Å². The molecule has 1 aromatic carbocycles. The molecule has 1 heterocycles. The Morgan fingerprint density at radius 3 is 2.74 bits per heavy atom. The molecule has 0 fully saturated rings. The third-order valence-electron chi connectivity index (χ3n) is 3.06. The van der Waals surface area contributed by atoms with Crippen LogP contribution >= 0.6 is 11.6 Å². The predicted octanol–water partition coefficient (Wildman–Crippen LogP) is 2.92. The number of aliphatic hydroxyl groups is 1. The molecule has 5 heteroatoms. The van der Waals surface area contributed by atoms with E-state index in [1.807, 2.05) is 25.1 Å². The fraction of sp³-hybridized carbons (Fsp3) is 0.429. The van der Waals surface area contributed by atoms with E-state index in [1.165, 1.54) is 0 Å². The van der Waals surface area contributed by atoms with Crippen molar-refractivity contribution in [2.24, 2.45) is 5.92 Å². The molecule has 0 saturated heterocycles. The monoisotopic (exact) mass is 279 g/mol. The Kier molecular flexibility index (Phi) is 4.22. The Morgan fingerprint density at radius 2 is 2.11 bits per heavy atom. The van der Waals surface area contributed by atoms with Gasteiger partial charge >= 0.3 is 0 Å². The molecule has 1 N–H and O–H groups in total. The second kappa shape index (κ2) is 5.72. The van der Waals surface area contributed by atoms with Gasteiger partial charge in [0.25, 0.3) is 0 Å². The van der Waals surface area contributed by atoms with E-state index in [9.17, 15) is 5.11 Å². The smallest absolute Gasteiger partial charge is 0.112 e. The lowest BCUT2D eigenvalue weighted by Gasteiger charge is -2.12. The van der Waals surface area contributed by atoms with Crippen molar-refractivity contribution in [2.75, 3.05) is 0 Å². The number of hydrogen-bond acceptors (Lipinski definition) is 3. The summed E-state index contributed by atoms with van der Waals surface area (Å²) in [5.74, 6) is 0.460. The highest BCUT2D eigenvalue weighted by atomic mass is 35.5. The summed E-state index contributed by atoms with van der Waals surface area (Å²) >= 11 is 6.15. The van der Waals surface area contributed by atoms with Crippen LogP contribution in [-0.2, 0) is 13.0 Å². The lowest BCUT2D eigenvalue weighted by molar-refractivity contribution is 0.275. The summed E-state index contributed by atoms with van der Waals surface area (Å²) in [6.07, 6.45) is 0.814. The van der Waals surface area contributed by atoms with Crippen molar-refractivity contribution in [3.05, 3.63) is 40.2 Å². The molecule has 2 rings (SSSR count). The van der Waals surface area contributed by atoms with Crippen LogP contribution in [0.5, 0.6) is 0 Å². The first-order valence-electron chi connectivity index (χ1n) is 6.34. The van der Waals surface area contributed by atoms with Gasteiger partial charge in [-0.2, -0.15) is 0 Å². The average molecular weight is 280 g/mol. The van der Waals surface area contributed by atoms with Crippen molar-refractivity contribution in [2.45, 2.75) is 33.8 Å². The molecule has 0 spiro atoms. The van der Waals surface area contributed by atoms with Gasteiger partial charge in [-0.25, -0.2) is 4.68 Å². The third-order valence-corrected chi connectivity index (χ3v) is 3.47. The summed E-state index contributed by atoms with van der Waals surface area (Å²) < 4.78 is 1.78. The Bertz CT molecular complexity index is 578. The zero-order chi connectivity index (χ0) is 14.0. The first-order chi connectivity index (χ1) is 9.04. The molecule has 0 radical (unpaired) electrons. The molecular formula is C14H18ClN3O. The summed E-state index contributed by atoms with van der Waals surface area (Å²) in [7, 11) is 0. The van der Waals surface area contributed by atoms with E-state index in [0.29, 0.717) is 16.6 Å². The number of rotatable bonds is 4. The second-order valence-corrected chi connectivity index (χ2v) is 5.44. The molecule has 0 amide bonds. The SMILES string of the molecule is Cc1c(Cl)cccc1-n1nnc(CO)c1CC(C)C. The summed E-state index contributed by atoms with van der Waals surface area (Å²) in [6.45, 7) is 6.12. The lowest BCUT2D eigenvalue weighted by atomic mass is 10.1. The zero-order valence-corrected chi connectivity index (χ0v) is 12.1. The third kappa shape index (κ3) is 2.80. The number of nitrogens with zero attached hydrogens (tertiary/aromatic N) is 3. The van der Waals surface area contributed by atoms with Gasteiger partial charge < -0.3 is 5.11 Å². The van der Waals surface area contributed by atoms with Crippen LogP contribution in [0.25, 0.3) is 5.69 Å². The fourth-order valence-electron chi connectivity index (χ4n) is 2.07. The summed E-state index contributed by atoms with van der Waals surface area (Å²) in [6, 6.07) is 5.71. The number of benzene rings is 1. The number of aromatic nitrogens is 3. The molecule has 1 aromatic heterocycles. The zero-order valence-electron chi connectivity index (χ0n) is 11.4. The first-order valence-corrected chi connectivity index (χ1v) is 6.72. The van der Waals surface area contributed by atoms with Crippen LogP contribution in [0.3, 0.4) is 0 Å². The van der Waals surface area contributed by atoms with Gasteiger partial charge in [-0.15, -0.1) is 5.10 Å². The van der Waals surface area contributed by atoms with Crippen molar-refractivity contribution >= 4 is 11.6 Å². The minimum atomic E-state index is -0.0956. The molecular weight excluding hydrogens is 262 g/mol. The van der Waals surface area contributed by atoms with E-state index >= 15 is 0 Å². The van der Waals surface area contributed by atoms with Crippen molar-refractivity contribution in [1.29, 1.82) is 0 Å². The maximum Gasteiger partial charge on any atom is 0.112 e. The van der Waals surface area contributed by atoms with Crippen LogP contribution in [0.15, 0.2) is 18.2 Å². The molecule has 102 valence electrons. The molecule has 0 saturated carbocycles. The van der Waals surface area contributed by atoms with E-state index < -0.39 is 0 Å². The standard InChI is InChI=1S/C14H18ClN3O/c1-9(2)7-14-12(8-19)16-17-18(14)13-6-4-5-11(15)10(13)3/h4-6,9,19H,7-8H2,1-3H3. The quantitative estimate of drug-likeness (QED) is 0.936. The van der Waals surface area contributed by atoms with E-state index in [0.717, 1.165) is 23.4 Å². The van der Waals surface area contributed by atoms with Crippen molar-refractivity contribution < 1.29 is 5.11 Å². The van der Waals surface area contributed by atoms with Crippen LogP contribution < -0.4 is 0 Å². The van der Waals surface area contributed by atoms with E-state index in [2.05, 4.69) is 24.2 Å². The summed E-state index contributed by atoms with van der Waals surface area (Å²) in [5.41, 5.74) is 3.45. The molecule has 0 aliphatic heterocycles. The van der Waals surface area contributed by atoms with Crippen LogP contribution in [0.4, 0.5) is 0 Å². The van der Waals surface area contributed by atoms with Gasteiger partial charge in [-0.3, -0.25) is 0 Å². The fourth-order valence-corrected chi connectivity index (χ4v) is 2.24. The van der Waals surface area contributed by atoms with Gasteiger partial charge in [0, 0.05) is 5.02 Å². The van der Waals surface area contributed by atoms with Crippen LogP contribution in [0, 0.1) is 12.8 Å².